The molecule has 1 aliphatic carbocycles. The zero-order chi connectivity index (χ0) is 11.9. The predicted octanol–water partition coefficient (Wildman–Crippen LogP) is 0.472. The minimum Gasteiger partial charge on any atom is -0.383 e. The largest absolute Gasteiger partial charge is 0.383 e. The molecule has 3 N–H and O–H groups in total. The number of benzene rings is 1. The first kappa shape index (κ1) is 10.7. The maximum atomic E-state index is 11.2. The van der Waals surface area contributed by atoms with Crippen LogP contribution >= 0.6 is 0 Å². The molecule has 0 bridgehead atoms. The summed E-state index contributed by atoms with van der Waals surface area (Å²) >= 11 is 0. The van der Waals surface area contributed by atoms with Crippen molar-refractivity contribution in [3.05, 3.63) is 35.9 Å². The highest BCUT2D eigenvalue weighted by Gasteiger charge is 2.52. The number of hydrogen-bond acceptors (Lipinski definition) is 3. The minimum atomic E-state index is -0.887. The lowest BCUT2D eigenvalue weighted by Crippen LogP contribution is -2.59. The molecule has 2 unspecified atom stereocenters. The van der Waals surface area contributed by atoms with Gasteiger partial charge in [0.05, 0.1) is 0 Å². The third kappa shape index (κ3) is 1.73. The van der Waals surface area contributed by atoms with E-state index in [2.05, 4.69) is 23.0 Å². The summed E-state index contributed by atoms with van der Waals surface area (Å²) in [5, 5.41) is 9.63. The molecule has 2 fully saturated rings. The fraction of sp³-hybridized carbons (Fsp3) is 0.462. The normalized spacial score (nSPS) is 30.8. The Morgan fingerprint density at radius 3 is 2.53 bits per heavy atom. The summed E-state index contributed by atoms with van der Waals surface area (Å²) in [5.74, 6) is -0.329. The van der Waals surface area contributed by atoms with Crippen LogP contribution in [0, 0.1) is 0 Å². The highest BCUT2D eigenvalue weighted by molar-refractivity contribution is 5.80. The Bertz CT molecular complexity index is 428. The van der Waals surface area contributed by atoms with Gasteiger partial charge in [-0.15, -0.1) is 0 Å². The van der Waals surface area contributed by atoms with E-state index in [4.69, 9.17) is 0 Å². The Kier molecular flexibility index (Phi) is 2.42. The molecule has 0 radical (unpaired) electrons. The minimum absolute atomic E-state index is 0.0932. The van der Waals surface area contributed by atoms with Gasteiger partial charge in [-0.2, -0.15) is 0 Å². The van der Waals surface area contributed by atoms with Crippen molar-refractivity contribution in [2.24, 2.45) is 0 Å². The molecule has 4 nitrogen and oxygen atoms in total. The van der Waals surface area contributed by atoms with Crippen LogP contribution in [0.5, 0.6) is 0 Å². The van der Waals surface area contributed by atoms with E-state index in [0.717, 1.165) is 12.8 Å². The highest BCUT2D eigenvalue weighted by Crippen LogP contribution is 2.52. The van der Waals surface area contributed by atoms with Crippen LogP contribution in [0.25, 0.3) is 0 Å². The monoisotopic (exact) mass is 232 g/mol. The molecular formula is C13H16N2O2. The molecule has 1 aromatic rings. The van der Waals surface area contributed by atoms with E-state index < -0.39 is 6.10 Å². The van der Waals surface area contributed by atoms with Gasteiger partial charge in [-0.25, -0.2) is 5.43 Å². The zero-order valence-electron chi connectivity index (χ0n) is 9.52. The van der Waals surface area contributed by atoms with E-state index in [-0.39, 0.29) is 17.4 Å². The molecule has 1 heterocycles. The van der Waals surface area contributed by atoms with Crippen molar-refractivity contribution in [3.63, 3.8) is 0 Å². The van der Waals surface area contributed by atoms with Crippen LogP contribution in [-0.2, 0) is 10.2 Å². The van der Waals surface area contributed by atoms with Crippen LogP contribution in [0.1, 0.15) is 24.8 Å². The number of hydrazine groups is 1. The van der Waals surface area contributed by atoms with Crippen molar-refractivity contribution in [1.29, 1.82) is 0 Å². The number of nitrogens with one attached hydrogen (secondary N) is 2. The number of aliphatic hydroxyl groups excluding tert-OH is 1. The molecule has 1 saturated carbocycles. The van der Waals surface area contributed by atoms with Gasteiger partial charge in [-0.05, 0) is 18.4 Å². The van der Waals surface area contributed by atoms with Gasteiger partial charge in [0.15, 0.2) is 0 Å². The average Bonchev–Trinajstić information content (AvgIpc) is 3.15. The second-order valence-corrected chi connectivity index (χ2v) is 4.96. The summed E-state index contributed by atoms with van der Waals surface area (Å²) in [6, 6.07) is 10.4. The molecular weight excluding hydrogens is 216 g/mol. The van der Waals surface area contributed by atoms with E-state index in [9.17, 15) is 9.90 Å². The number of aliphatic hydroxyl groups is 1. The number of carbonyl (C=O) groups is 1. The summed E-state index contributed by atoms with van der Waals surface area (Å²) in [7, 11) is 0. The fourth-order valence-corrected chi connectivity index (χ4v) is 2.74. The molecule has 1 saturated heterocycles. The maximum absolute atomic E-state index is 11.2. The topological polar surface area (TPSA) is 61.4 Å². The van der Waals surface area contributed by atoms with E-state index in [1.54, 1.807) is 0 Å². The highest BCUT2D eigenvalue weighted by atomic mass is 16.3. The standard InChI is InChI=1S/C13H16N2O2/c16-10-8-11(14-15-12(10)17)13(6-7-13)9-4-2-1-3-5-9/h1-5,10-11,14,16H,6-8H2,(H,15,17). The van der Waals surface area contributed by atoms with Crippen LogP contribution in [0.4, 0.5) is 0 Å². The zero-order valence-corrected chi connectivity index (χ0v) is 9.52. The number of carbonyl (C=O) groups excluding carboxylic acids is 1. The van der Waals surface area contributed by atoms with Crippen molar-refractivity contribution in [1.82, 2.24) is 10.9 Å². The first-order chi connectivity index (χ1) is 8.22. The number of amides is 1. The van der Waals surface area contributed by atoms with E-state index in [1.807, 2.05) is 18.2 Å². The summed E-state index contributed by atoms with van der Waals surface area (Å²) in [6.07, 6.45) is 1.82. The molecule has 1 aliphatic heterocycles. The lowest BCUT2D eigenvalue weighted by atomic mass is 9.84. The van der Waals surface area contributed by atoms with Crippen molar-refractivity contribution in [2.45, 2.75) is 36.8 Å². The van der Waals surface area contributed by atoms with E-state index in [1.165, 1.54) is 5.56 Å². The summed E-state index contributed by atoms with van der Waals surface area (Å²) in [6.45, 7) is 0. The molecule has 1 aromatic carbocycles. The van der Waals surface area contributed by atoms with Crippen molar-refractivity contribution >= 4 is 5.91 Å². The quantitative estimate of drug-likeness (QED) is 0.694. The molecule has 17 heavy (non-hydrogen) atoms. The summed E-state index contributed by atoms with van der Waals surface area (Å²) in [5.41, 5.74) is 6.99. The fourth-order valence-electron chi connectivity index (χ4n) is 2.74. The molecule has 2 aliphatic rings. The van der Waals surface area contributed by atoms with Crippen molar-refractivity contribution < 1.29 is 9.90 Å². The molecule has 1 amide bonds. The molecule has 2 atom stereocenters. The lowest BCUT2D eigenvalue weighted by Gasteiger charge is -2.34. The predicted molar refractivity (Wildman–Crippen MR) is 63.0 cm³/mol. The second kappa shape index (κ2) is 3.82. The van der Waals surface area contributed by atoms with Crippen LogP contribution in [0.15, 0.2) is 30.3 Å². The van der Waals surface area contributed by atoms with Crippen LogP contribution in [0.3, 0.4) is 0 Å². The van der Waals surface area contributed by atoms with Gasteiger partial charge < -0.3 is 5.11 Å². The Morgan fingerprint density at radius 2 is 1.94 bits per heavy atom. The van der Waals surface area contributed by atoms with Crippen LogP contribution in [-0.4, -0.2) is 23.2 Å². The van der Waals surface area contributed by atoms with Crippen LogP contribution in [0.2, 0.25) is 0 Å². The second-order valence-electron chi connectivity index (χ2n) is 4.96. The van der Waals surface area contributed by atoms with Gasteiger partial charge in [0.2, 0.25) is 0 Å². The molecule has 3 rings (SSSR count). The Hall–Kier alpha value is -1.39. The lowest BCUT2D eigenvalue weighted by molar-refractivity contribution is -0.134. The Labute approximate surface area is 100.0 Å². The van der Waals surface area contributed by atoms with Crippen molar-refractivity contribution in [3.8, 4) is 0 Å². The van der Waals surface area contributed by atoms with Crippen molar-refractivity contribution in [2.75, 3.05) is 0 Å². The SMILES string of the molecule is O=C1NNC(C2(c3ccccc3)CC2)CC1O. The van der Waals surface area contributed by atoms with Gasteiger partial charge >= 0.3 is 0 Å². The van der Waals surface area contributed by atoms with Gasteiger partial charge in [-0.1, -0.05) is 30.3 Å². The van der Waals surface area contributed by atoms with Gasteiger partial charge in [-0.3, -0.25) is 10.2 Å². The van der Waals surface area contributed by atoms with Gasteiger partial charge in [0.25, 0.3) is 5.91 Å². The van der Waals surface area contributed by atoms with E-state index in [0.29, 0.717) is 6.42 Å². The molecule has 4 heteroatoms. The Balaban J connectivity index is 1.83. The van der Waals surface area contributed by atoms with Gasteiger partial charge in [0.1, 0.15) is 6.10 Å². The summed E-state index contributed by atoms with van der Waals surface area (Å²) < 4.78 is 0. The van der Waals surface area contributed by atoms with E-state index >= 15 is 0 Å². The Morgan fingerprint density at radius 1 is 1.24 bits per heavy atom. The first-order valence-corrected chi connectivity index (χ1v) is 6.01. The van der Waals surface area contributed by atoms with Gasteiger partial charge in [0, 0.05) is 17.9 Å². The molecule has 90 valence electrons. The molecule has 0 spiro atoms. The average molecular weight is 232 g/mol. The smallest absolute Gasteiger partial charge is 0.262 e. The third-order valence-corrected chi connectivity index (χ3v) is 3.94. The first-order valence-electron chi connectivity index (χ1n) is 6.01. The number of hydrogen-bond donors (Lipinski definition) is 3. The van der Waals surface area contributed by atoms with Crippen LogP contribution < -0.4 is 10.9 Å². The maximum Gasteiger partial charge on any atom is 0.262 e. The number of rotatable bonds is 2. The summed E-state index contributed by atoms with van der Waals surface area (Å²) in [4.78, 5) is 11.2. The molecule has 0 aromatic heterocycles. The third-order valence-electron chi connectivity index (χ3n) is 3.94.